The van der Waals surface area contributed by atoms with Crippen LogP contribution in [0.5, 0.6) is 0 Å². The summed E-state index contributed by atoms with van der Waals surface area (Å²) in [5.74, 6) is 0.665. The molecule has 172 valence electrons. The lowest BCUT2D eigenvalue weighted by Crippen LogP contribution is -2.57. The molecule has 0 radical (unpaired) electrons. The molecule has 1 unspecified atom stereocenters. The van der Waals surface area contributed by atoms with Crippen LogP contribution in [0.1, 0.15) is 35.2 Å². The molecular weight excluding hydrogens is 418 g/mol. The lowest BCUT2D eigenvalue weighted by molar-refractivity contribution is -0.138. The maximum absolute atomic E-state index is 13.0. The number of hydrogen-bond acceptors (Lipinski definition) is 6. The number of benzene rings is 2. The van der Waals surface area contributed by atoms with Crippen molar-refractivity contribution in [3.63, 3.8) is 0 Å². The van der Waals surface area contributed by atoms with E-state index in [2.05, 4.69) is 44.7 Å². The van der Waals surface area contributed by atoms with E-state index in [4.69, 9.17) is 4.42 Å². The van der Waals surface area contributed by atoms with Crippen LogP contribution < -0.4 is 5.32 Å². The molecule has 1 N–H and O–H groups in total. The molecule has 2 amide bonds. The molecule has 4 rings (SSSR count). The third-order valence-electron chi connectivity index (χ3n) is 6.00. The van der Waals surface area contributed by atoms with Crippen molar-refractivity contribution in [2.75, 3.05) is 26.7 Å². The van der Waals surface area contributed by atoms with Gasteiger partial charge in [-0.2, -0.15) is 0 Å². The molecule has 0 saturated carbocycles. The summed E-state index contributed by atoms with van der Waals surface area (Å²) < 4.78 is 5.38. The summed E-state index contributed by atoms with van der Waals surface area (Å²) >= 11 is 0. The first-order chi connectivity index (χ1) is 16.0. The van der Waals surface area contributed by atoms with Crippen LogP contribution in [0.15, 0.2) is 65.1 Å². The van der Waals surface area contributed by atoms with Crippen LogP contribution in [0.25, 0.3) is 0 Å². The first-order valence-corrected chi connectivity index (χ1v) is 11.2. The molecule has 0 aliphatic carbocycles. The number of rotatable bonds is 8. The lowest BCUT2D eigenvalue weighted by Gasteiger charge is -2.37. The highest BCUT2D eigenvalue weighted by molar-refractivity contribution is 5.88. The molecule has 1 atom stereocenters. The maximum Gasteiger partial charge on any atom is 0.237 e. The minimum Gasteiger partial charge on any atom is -0.424 e. The summed E-state index contributed by atoms with van der Waals surface area (Å²) in [7, 11) is 1.68. The van der Waals surface area contributed by atoms with E-state index in [1.54, 1.807) is 14.0 Å². The number of carbonyl (C=O) groups is 2. The second-order valence-electron chi connectivity index (χ2n) is 8.34. The van der Waals surface area contributed by atoms with Crippen LogP contribution in [-0.4, -0.2) is 64.5 Å². The molecule has 3 aromatic rings. The van der Waals surface area contributed by atoms with Crippen LogP contribution in [0, 0.1) is 6.92 Å². The van der Waals surface area contributed by atoms with Crippen LogP contribution in [-0.2, 0) is 16.1 Å². The highest BCUT2D eigenvalue weighted by atomic mass is 16.4. The van der Waals surface area contributed by atoms with Gasteiger partial charge in [0, 0.05) is 39.5 Å². The summed E-state index contributed by atoms with van der Waals surface area (Å²) in [5, 5.41) is 10.7. The number of nitrogens with one attached hydrogen (secondary N) is 1. The Balaban J connectivity index is 1.51. The molecule has 8 nitrogen and oxygen atoms in total. The van der Waals surface area contributed by atoms with Crippen molar-refractivity contribution in [1.82, 2.24) is 25.3 Å². The second kappa shape index (κ2) is 10.4. The summed E-state index contributed by atoms with van der Waals surface area (Å²) in [6.07, 6.45) is 0.0890. The average molecular weight is 448 g/mol. The number of hydrogen-bond donors (Lipinski definition) is 1. The maximum atomic E-state index is 13.0. The van der Waals surface area contributed by atoms with Gasteiger partial charge in [-0.1, -0.05) is 60.7 Å². The second-order valence-corrected chi connectivity index (χ2v) is 8.34. The number of nitrogens with zero attached hydrogens (tertiary/aromatic N) is 4. The minimum atomic E-state index is -0.534. The first-order valence-electron chi connectivity index (χ1n) is 11.2. The largest absolute Gasteiger partial charge is 0.424 e. The first kappa shape index (κ1) is 22.7. The average Bonchev–Trinajstić information content (AvgIpc) is 3.24. The molecule has 33 heavy (non-hydrogen) atoms. The third-order valence-corrected chi connectivity index (χ3v) is 6.00. The Labute approximate surface area is 193 Å². The summed E-state index contributed by atoms with van der Waals surface area (Å²) in [4.78, 5) is 29.4. The Morgan fingerprint density at radius 1 is 1.12 bits per heavy atom. The Morgan fingerprint density at radius 2 is 1.76 bits per heavy atom. The number of carbonyl (C=O) groups excluding carboxylic acids is 2. The van der Waals surface area contributed by atoms with E-state index in [1.807, 2.05) is 36.4 Å². The van der Waals surface area contributed by atoms with Crippen molar-refractivity contribution >= 4 is 11.8 Å². The third kappa shape index (κ3) is 5.64. The predicted molar refractivity (Wildman–Crippen MR) is 123 cm³/mol. The van der Waals surface area contributed by atoms with Crippen LogP contribution in [0.4, 0.5) is 0 Å². The molecule has 1 aliphatic heterocycles. The Hall–Kier alpha value is -3.52. The molecule has 1 saturated heterocycles. The fraction of sp³-hybridized carbons (Fsp3) is 0.360. The van der Waals surface area contributed by atoms with Gasteiger partial charge in [-0.15, -0.1) is 10.2 Å². The molecular formula is C25H29N5O3. The Morgan fingerprint density at radius 3 is 2.33 bits per heavy atom. The molecule has 2 heterocycles. The fourth-order valence-corrected chi connectivity index (χ4v) is 4.22. The summed E-state index contributed by atoms with van der Waals surface area (Å²) in [6.45, 7) is 3.82. The van der Waals surface area contributed by atoms with E-state index in [-0.39, 0.29) is 30.7 Å². The summed E-state index contributed by atoms with van der Waals surface area (Å²) in [5.41, 5.74) is 2.37. The van der Waals surface area contributed by atoms with E-state index in [0.717, 1.165) is 0 Å². The molecule has 8 heteroatoms. The molecule has 1 aromatic heterocycles. The van der Waals surface area contributed by atoms with E-state index < -0.39 is 6.04 Å². The van der Waals surface area contributed by atoms with Crippen LogP contribution in [0.3, 0.4) is 0 Å². The smallest absolute Gasteiger partial charge is 0.237 e. The van der Waals surface area contributed by atoms with Gasteiger partial charge in [-0.25, -0.2) is 0 Å². The molecule has 1 fully saturated rings. The number of amides is 2. The van der Waals surface area contributed by atoms with Crippen molar-refractivity contribution in [3.8, 4) is 0 Å². The van der Waals surface area contributed by atoms with Crippen molar-refractivity contribution in [1.29, 1.82) is 0 Å². The Kier molecular flexibility index (Phi) is 7.14. The Bertz CT molecular complexity index is 1030. The van der Waals surface area contributed by atoms with Crippen molar-refractivity contribution in [2.24, 2.45) is 0 Å². The molecule has 0 spiro atoms. The minimum absolute atomic E-state index is 0.0890. The van der Waals surface area contributed by atoms with Gasteiger partial charge in [0.1, 0.15) is 0 Å². The van der Waals surface area contributed by atoms with E-state index >= 15 is 0 Å². The predicted octanol–water partition coefficient (Wildman–Crippen LogP) is 2.36. The molecule has 0 bridgehead atoms. The normalized spacial score (nSPS) is 16.6. The van der Waals surface area contributed by atoms with Crippen molar-refractivity contribution in [3.05, 3.63) is 83.6 Å². The van der Waals surface area contributed by atoms with Gasteiger partial charge in [-0.3, -0.25) is 14.5 Å². The zero-order valence-corrected chi connectivity index (χ0v) is 19.0. The van der Waals surface area contributed by atoms with E-state index in [0.29, 0.717) is 31.4 Å². The van der Waals surface area contributed by atoms with Gasteiger partial charge >= 0.3 is 0 Å². The topological polar surface area (TPSA) is 91.6 Å². The highest BCUT2D eigenvalue weighted by Gasteiger charge is 2.34. The number of aromatic nitrogens is 2. The number of piperazine rings is 1. The SMILES string of the molecule is Cc1nnc(CN(C)C(=O)CC2C(=O)NCCN2CC(c2ccccc2)c2ccccc2)o1. The van der Waals surface area contributed by atoms with Crippen LogP contribution >= 0.6 is 0 Å². The van der Waals surface area contributed by atoms with Gasteiger partial charge < -0.3 is 14.6 Å². The fourth-order valence-electron chi connectivity index (χ4n) is 4.22. The zero-order chi connectivity index (χ0) is 23.2. The zero-order valence-electron chi connectivity index (χ0n) is 19.0. The van der Waals surface area contributed by atoms with Gasteiger partial charge in [0.05, 0.1) is 19.0 Å². The van der Waals surface area contributed by atoms with Crippen molar-refractivity contribution in [2.45, 2.75) is 31.8 Å². The monoisotopic (exact) mass is 447 g/mol. The van der Waals surface area contributed by atoms with Gasteiger partial charge in [0.2, 0.25) is 23.6 Å². The molecule has 1 aliphatic rings. The van der Waals surface area contributed by atoms with E-state index in [9.17, 15) is 9.59 Å². The quantitative estimate of drug-likeness (QED) is 0.570. The number of aryl methyl sites for hydroxylation is 1. The van der Waals surface area contributed by atoms with Gasteiger partial charge in [-0.05, 0) is 11.1 Å². The van der Waals surface area contributed by atoms with Gasteiger partial charge in [0.25, 0.3) is 0 Å². The van der Waals surface area contributed by atoms with E-state index in [1.165, 1.54) is 16.0 Å². The highest BCUT2D eigenvalue weighted by Crippen LogP contribution is 2.27. The van der Waals surface area contributed by atoms with Gasteiger partial charge in [0.15, 0.2) is 0 Å². The van der Waals surface area contributed by atoms with Crippen LogP contribution in [0.2, 0.25) is 0 Å². The van der Waals surface area contributed by atoms with Crippen molar-refractivity contribution < 1.29 is 14.0 Å². The summed E-state index contributed by atoms with van der Waals surface area (Å²) in [6, 6.07) is 20.0. The standard InChI is InChI=1S/C25H29N5O3/c1-18-27-28-23(33-18)17-29(2)24(31)15-22-25(32)26-13-14-30(22)16-21(19-9-5-3-6-10-19)20-11-7-4-8-12-20/h3-12,21-22H,13-17H2,1-2H3,(H,26,32). The molecule has 2 aromatic carbocycles. The lowest BCUT2D eigenvalue weighted by atomic mass is 9.90.